The van der Waals surface area contributed by atoms with E-state index < -0.39 is 18.5 Å². The lowest BCUT2D eigenvalue weighted by molar-refractivity contribution is -0.139. The zero-order chi connectivity index (χ0) is 21.0. The molecule has 0 radical (unpaired) electrons. The van der Waals surface area contributed by atoms with Crippen molar-refractivity contribution in [2.24, 2.45) is 5.92 Å². The molecule has 1 unspecified atom stereocenters. The van der Waals surface area contributed by atoms with Crippen molar-refractivity contribution in [3.63, 3.8) is 0 Å². The maximum Gasteiger partial charge on any atom is 0.349 e. The summed E-state index contributed by atoms with van der Waals surface area (Å²) in [6, 6.07) is 8.18. The van der Waals surface area contributed by atoms with Gasteiger partial charge >= 0.3 is 11.9 Å². The summed E-state index contributed by atoms with van der Waals surface area (Å²) in [4.78, 5) is 23.1. The van der Waals surface area contributed by atoms with Gasteiger partial charge in [-0.1, -0.05) is 31.4 Å². The van der Waals surface area contributed by atoms with Crippen LogP contribution in [-0.4, -0.2) is 34.8 Å². The Morgan fingerprint density at radius 3 is 2.66 bits per heavy atom. The minimum atomic E-state index is -1.16. The molecule has 0 bridgehead atoms. The molecule has 156 valence electrons. The van der Waals surface area contributed by atoms with Crippen molar-refractivity contribution in [2.75, 3.05) is 11.9 Å². The van der Waals surface area contributed by atoms with Crippen LogP contribution >= 0.6 is 27.3 Å². The second-order valence-corrected chi connectivity index (χ2v) is 9.12. The number of hydrogen-bond donors (Lipinski definition) is 3. The van der Waals surface area contributed by atoms with E-state index in [1.807, 2.05) is 24.3 Å². The van der Waals surface area contributed by atoms with Crippen LogP contribution in [0.25, 0.3) is 10.4 Å². The second-order valence-electron chi connectivity index (χ2n) is 7.30. The number of halogens is 1. The summed E-state index contributed by atoms with van der Waals surface area (Å²) < 4.78 is 5.69. The summed E-state index contributed by atoms with van der Waals surface area (Å²) in [5.74, 6) is -1.60. The van der Waals surface area contributed by atoms with Gasteiger partial charge in [0.15, 0.2) is 17.2 Å². The van der Waals surface area contributed by atoms with E-state index in [1.54, 1.807) is 0 Å². The van der Waals surface area contributed by atoms with E-state index >= 15 is 0 Å². The van der Waals surface area contributed by atoms with Crippen LogP contribution in [0.4, 0.5) is 5.69 Å². The molecular formula is C21H24BrNO5S. The average molecular weight is 482 g/mol. The van der Waals surface area contributed by atoms with Gasteiger partial charge in [-0.05, 0) is 59.3 Å². The lowest BCUT2D eigenvalue weighted by Crippen LogP contribution is -2.27. The number of carboxylic acid groups (broad SMARTS) is 2. The standard InChI is InChI=1S/C21H24BrNO5S/c1-12(13-6-3-2-4-7-13)23-15-9-5-8-14(10-15)19-17(22)18(28-11-16(24)25)20(29-19)21(26)27/h5,8-10,12-13,23H,2-4,6-7,11H2,1H3,(H,24,25)(H,26,27). The first kappa shape index (κ1) is 21.6. The summed E-state index contributed by atoms with van der Waals surface area (Å²) in [7, 11) is 0. The van der Waals surface area contributed by atoms with Gasteiger partial charge in [-0.15, -0.1) is 11.3 Å². The average Bonchev–Trinajstić information content (AvgIpc) is 3.04. The lowest BCUT2D eigenvalue weighted by atomic mass is 9.84. The third-order valence-corrected chi connectivity index (χ3v) is 7.45. The Morgan fingerprint density at radius 1 is 1.28 bits per heavy atom. The van der Waals surface area contributed by atoms with Crippen LogP contribution in [0.3, 0.4) is 0 Å². The van der Waals surface area contributed by atoms with Gasteiger partial charge in [0.05, 0.1) is 9.35 Å². The number of benzene rings is 1. The Balaban J connectivity index is 1.85. The van der Waals surface area contributed by atoms with E-state index in [1.165, 1.54) is 32.1 Å². The van der Waals surface area contributed by atoms with Gasteiger partial charge in [0.1, 0.15) is 0 Å². The summed E-state index contributed by atoms with van der Waals surface area (Å²) in [6.45, 7) is 1.61. The van der Waals surface area contributed by atoms with Crippen LogP contribution < -0.4 is 10.1 Å². The summed E-state index contributed by atoms with van der Waals surface area (Å²) in [5.41, 5.74) is 1.82. The molecule has 8 heteroatoms. The van der Waals surface area contributed by atoms with E-state index in [9.17, 15) is 14.7 Å². The van der Waals surface area contributed by atoms with Crippen molar-refractivity contribution < 1.29 is 24.5 Å². The second kappa shape index (κ2) is 9.63. The number of carbonyl (C=O) groups is 2. The third-order valence-electron chi connectivity index (χ3n) is 5.22. The number of carboxylic acids is 2. The number of thiophene rings is 1. The summed E-state index contributed by atoms with van der Waals surface area (Å²) in [5, 5.41) is 21.9. The van der Waals surface area contributed by atoms with Crippen molar-refractivity contribution in [1.82, 2.24) is 0 Å². The number of anilines is 1. The number of aliphatic carboxylic acids is 1. The van der Waals surface area contributed by atoms with Gasteiger partial charge in [-0.2, -0.15) is 0 Å². The van der Waals surface area contributed by atoms with Crippen molar-refractivity contribution in [2.45, 2.75) is 45.1 Å². The SMILES string of the molecule is CC(Nc1cccc(-c2sc(C(=O)O)c(OCC(=O)O)c2Br)c1)C1CCCCC1. The van der Waals surface area contributed by atoms with Crippen LogP contribution in [0.5, 0.6) is 5.75 Å². The fourth-order valence-corrected chi connectivity index (χ4v) is 5.64. The molecule has 1 atom stereocenters. The summed E-state index contributed by atoms with van der Waals surface area (Å²) >= 11 is 4.47. The van der Waals surface area contributed by atoms with E-state index in [0.717, 1.165) is 22.6 Å². The zero-order valence-electron chi connectivity index (χ0n) is 16.1. The fourth-order valence-electron chi connectivity index (χ4n) is 3.75. The minimum Gasteiger partial charge on any atom is -0.479 e. The molecule has 6 nitrogen and oxygen atoms in total. The van der Waals surface area contributed by atoms with Gasteiger partial charge in [0, 0.05) is 11.7 Å². The van der Waals surface area contributed by atoms with Gasteiger partial charge < -0.3 is 20.3 Å². The third kappa shape index (κ3) is 5.30. The maximum atomic E-state index is 11.6. The van der Waals surface area contributed by atoms with Gasteiger partial charge in [0.25, 0.3) is 0 Å². The molecule has 1 saturated carbocycles. The van der Waals surface area contributed by atoms with Crippen molar-refractivity contribution >= 4 is 44.9 Å². The predicted octanol–water partition coefficient (Wildman–Crippen LogP) is 5.72. The Bertz CT molecular complexity index is 891. The predicted molar refractivity (Wildman–Crippen MR) is 117 cm³/mol. The molecule has 1 aromatic heterocycles. The monoisotopic (exact) mass is 481 g/mol. The van der Waals surface area contributed by atoms with Gasteiger partial charge in [-0.25, -0.2) is 9.59 Å². The largest absolute Gasteiger partial charge is 0.479 e. The fraction of sp³-hybridized carbons (Fsp3) is 0.429. The quantitative estimate of drug-likeness (QED) is 0.446. The molecule has 3 N–H and O–H groups in total. The van der Waals surface area contributed by atoms with Crippen molar-refractivity contribution in [1.29, 1.82) is 0 Å². The topological polar surface area (TPSA) is 95.9 Å². The molecule has 3 rings (SSSR count). The first-order valence-electron chi connectivity index (χ1n) is 9.64. The van der Waals surface area contributed by atoms with Gasteiger partial charge in [0.2, 0.25) is 0 Å². The van der Waals surface area contributed by atoms with Crippen LogP contribution in [0.15, 0.2) is 28.7 Å². The highest BCUT2D eigenvalue weighted by Gasteiger charge is 2.25. The van der Waals surface area contributed by atoms with Crippen molar-refractivity contribution in [3.8, 4) is 16.2 Å². The first-order valence-corrected chi connectivity index (χ1v) is 11.2. The van der Waals surface area contributed by atoms with E-state index in [4.69, 9.17) is 9.84 Å². The van der Waals surface area contributed by atoms with Gasteiger partial charge in [-0.3, -0.25) is 0 Å². The van der Waals surface area contributed by atoms with Crippen molar-refractivity contribution in [3.05, 3.63) is 33.6 Å². The molecule has 0 saturated heterocycles. The Hall–Kier alpha value is -2.06. The molecular weight excluding hydrogens is 458 g/mol. The molecule has 1 heterocycles. The molecule has 29 heavy (non-hydrogen) atoms. The number of hydrogen-bond acceptors (Lipinski definition) is 5. The molecule has 1 aliphatic rings. The maximum absolute atomic E-state index is 11.6. The van der Waals surface area contributed by atoms with Crippen LogP contribution in [-0.2, 0) is 4.79 Å². The Labute approximate surface area is 182 Å². The molecule has 1 aromatic carbocycles. The normalized spacial score (nSPS) is 15.7. The number of ether oxygens (including phenoxy) is 1. The van der Waals surface area contributed by atoms with Crippen LogP contribution in [0.1, 0.15) is 48.7 Å². The number of nitrogens with one attached hydrogen (secondary N) is 1. The summed E-state index contributed by atoms with van der Waals surface area (Å²) in [6.07, 6.45) is 6.39. The van der Waals surface area contributed by atoms with E-state index in [0.29, 0.717) is 21.3 Å². The first-order chi connectivity index (χ1) is 13.9. The van der Waals surface area contributed by atoms with E-state index in [-0.39, 0.29) is 10.6 Å². The van der Waals surface area contributed by atoms with Crippen LogP contribution in [0, 0.1) is 5.92 Å². The Kier molecular flexibility index (Phi) is 7.18. The number of aromatic carboxylic acids is 1. The number of rotatable bonds is 8. The highest BCUT2D eigenvalue weighted by atomic mass is 79.9. The molecule has 0 aliphatic heterocycles. The highest BCUT2D eigenvalue weighted by Crippen LogP contribution is 2.46. The molecule has 1 fully saturated rings. The zero-order valence-corrected chi connectivity index (χ0v) is 18.5. The molecule has 0 spiro atoms. The molecule has 0 amide bonds. The minimum absolute atomic E-state index is 0.0259. The highest BCUT2D eigenvalue weighted by molar-refractivity contribution is 9.10. The smallest absolute Gasteiger partial charge is 0.349 e. The molecule has 2 aromatic rings. The Morgan fingerprint density at radius 2 is 2.00 bits per heavy atom. The van der Waals surface area contributed by atoms with Crippen LogP contribution in [0.2, 0.25) is 0 Å². The lowest BCUT2D eigenvalue weighted by Gasteiger charge is -2.29. The van der Waals surface area contributed by atoms with E-state index in [2.05, 4.69) is 28.2 Å². The molecule has 1 aliphatic carbocycles.